The number of phenolic OH excluding ortho intramolecular Hbond substituents is 2. The molecule has 84 heavy (non-hydrogen) atoms. The van der Waals surface area contributed by atoms with E-state index in [2.05, 4.69) is 40.9 Å². The van der Waals surface area contributed by atoms with E-state index in [4.69, 9.17) is 20.9 Å². The minimum absolute atomic E-state index is 0. The third-order valence-electron chi connectivity index (χ3n) is 11.6. The van der Waals surface area contributed by atoms with Crippen molar-refractivity contribution in [3.8, 4) is 34.1 Å². The monoisotopic (exact) mass is 1220 g/mol. The molecule has 0 aliphatic carbocycles. The average molecular weight is 1220 g/mol. The molecule has 0 spiro atoms. The van der Waals surface area contributed by atoms with Gasteiger partial charge in [0.2, 0.25) is 0 Å². The van der Waals surface area contributed by atoms with Gasteiger partial charge in [0.05, 0.1) is 46.6 Å². The maximum Gasteiger partial charge on any atom is 0.338 e. The molecule has 410 valence electrons. The second-order valence-electron chi connectivity index (χ2n) is 16.4. The zero-order valence-electron chi connectivity index (χ0n) is 44.4. The molecule has 10 N–H and O–H groups in total. The van der Waals surface area contributed by atoms with Gasteiger partial charge in [-0.2, -0.15) is 16.8 Å². The fourth-order valence-corrected chi connectivity index (χ4v) is 9.04. The van der Waals surface area contributed by atoms with Gasteiger partial charge in [-0.15, -0.1) is 40.9 Å². The number of carbonyl (C=O) groups is 2. The summed E-state index contributed by atoms with van der Waals surface area (Å²) in [6.45, 7) is 0. The van der Waals surface area contributed by atoms with E-state index in [9.17, 15) is 76.2 Å². The normalized spacial score (nSPS) is 11.5. The second-order valence-corrected chi connectivity index (χ2v) is 19.2. The number of nitro groups is 2. The summed E-state index contributed by atoms with van der Waals surface area (Å²) in [6, 6.07) is 21.1. The number of carboxylic acids is 2. The fraction of sp³-hybridized carbons (Fsp3) is 0.0417. The minimum atomic E-state index is -5.22. The van der Waals surface area contributed by atoms with Crippen LogP contribution in [0, 0.1) is 20.2 Å². The largest absolute Gasteiger partial charge is 0.505 e. The van der Waals surface area contributed by atoms with Gasteiger partial charge < -0.3 is 41.4 Å². The fourth-order valence-electron chi connectivity index (χ4n) is 7.74. The van der Waals surface area contributed by atoms with Gasteiger partial charge in [0.15, 0.2) is 11.5 Å². The Balaban J connectivity index is 0.00000378. The SMILES string of the molecule is COc1cc(-c2ccc(N=Nc3c(S(=O)(=O)O)cc4c(N=Nc5ccc([N+](=O)[O-])cc5C(=O)O)c(N)ccc4c3O)c(OC)c2)ccc1N=Nc1c(S(=O)(=O)O)cc2c(N=Nc3ccc([N+](=O)[O-])cc3C(=O)O)c(N)ccc2c1O.[Na].[Na].[Na].[Na]. The number of non-ortho nitro benzene ring substituents is 2. The third kappa shape index (κ3) is 14.7. The second kappa shape index (κ2) is 28.3. The summed E-state index contributed by atoms with van der Waals surface area (Å²) in [5, 5.41) is 95.8. The summed E-state index contributed by atoms with van der Waals surface area (Å²) >= 11 is 0. The number of nitrogens with zero attached hydrogens (tertiary/aromatic N) is 10. The summed E-state index contributed by atoms with van der Waals surface area (Å²) < 4.78 is 82.9. The van der Waals surface area contributed by atoms with E-state index in [0.29, 0.717) is 11.1 Å². The molecule has 8 aromatic carbocycles. The first kappa shape index (κ1) is 69.5. The number of hydrogen-bond acceptors (Lipinski definition) is 24. The number of phenols is 2. The molecule has 0 fully saturated rings. The van der Waals surface area contributed by atoms with Crippen LogP contribution in [-0.4, -0.2) is 201 Å². The molecule has 0 heterocycles. The van der Waals surface area contributed by atoms with Crippen LogP contribution in [-0.2, 0) is 20.2 Å². The Hall–Kier alpha value is -6.96. The quantitative estimate of drug-likeness (QED) is 0.0105. The number of nitro benzene ring substituents is 2. The van der Waals surface area contributed by atoms with E-state index in [-0.39, 0.29) is 197 Å². The van der Waals surface area contributed by atoms with Crippen molar-refractivity contribution in [2.24, 2.45) is 40.9 Å². The molecule has 4 radical (unpaired) electrons. The number of azo groups is 4. The first-order chi connectivity index (χ1) is 37.8. The van der Waals surface area contributed by atoms with Gasteiger partial charge in [0, 0.05) is 164 Å². The number of hydrogen-bond donors (Lipinski definition) is 8. The van der Waals surface area contributed by atoms with Gasteiger partial charge in [0.1, 0.15) is 66.8 Å². The zero-order valence-corrected chi connectivity index (χ0v) is 54.1. The van der Waals surface area contributed by atoms with Gasteiger partial charge in [-0.3, -0.25) is 29.3 Å². The van der Waals surface area contributed by atoms with Crippen molar-refractivity contribution in [2.45, 2.75) is 9.79 Å². The van der Waals surface area contributed by atoms with Crippen LogP contribution < -0.4 is 20.9 Å². The van der Waals surface area contributed by atoms with Crippen molar-refractivity contribution in [3.05, 3.63) is 141 Å². The molecule has 30 nitrogen and oxygen atoms in total. The molecule has 0 atom stereocenters. The number of carboxylic acid groups (broad SMARTS) is 2. The van der Waals surface area contributed by atoms with Crippen LogP contribution in [0.3, 0.4) is 0 Å². The van der Waals surface area contributed by atoms with Gasteiger partial charge in [-0.05, 0) is 83.9 Å². The molecule has 0 saturated carbocycles. The van der Waals surface area contributed by atoms with Gasteiger partial charge in [0.25, 0.3) is 31.6 Å². The molecule has 0 aliphatic rings. The van der Waals surface area contributed by atoms with Crippen molar-refractivity contribution in [3.63, 3.8) is 0 Å². The Morgan fingerprint density at radius 3 is 1.10 bits per heavy atom. The Labute approximate surface area is 560 Å². The summed E-state index contributed by atoms with van der Waals surface area (Å²) in [6.07, 6.45) is 0. The summed E-state index contributed by atoms with van der Waals surface area (Å²) in [5.41, 5.74) is 7.72. The third-order valence-corrected chi connectivity index (χ3v) is 13.3. The van der Waals surface area contributed by atoms with E-state index in [0.717, 1.165) is 48.5 Å². The number of methoxy groups -OCH3 is 2. The van der Waals surface area contributed by atoms with Crippen molar-refractivity contribution in [1.82, 2.24) is 0 Å². The maximum atomic E-state index is 12.8. The van der Waals surface area contributed by atoms with Crippen molar-refractivity contribution < 1.29 is 75.3 Å². The first-order valence-electron chi connectivity index (χ1n) is 22.0. The maximum absolute atomic E-state index is 12.8. The number of aromatic hydroxyl groups is 2. The van der Waals surface area contributed by atoms with Crippen molar-refractivity contribution in [1.29, 1.82) is 0 Å². The van der Waals surface area contributed by atoms with Gasteiger partial charge in [-0.25, -0.2) is 9.59 Å². The van der Waals surface area contributed by atoms with E-state index >= 15 is 0 Å². The Bertz CT molecular complexity index is 4110. The summed E-state index contributed by atoms with van der Waals surface area (Å²) in [7, 11) is -7.89. The van der Waals surface area contributed by atoms with E-state index < -0.39 is 97.2 Å². The molecular weight excluding hydrogens is 1190 g/mol. The van der Waals surface area contributed by atoms with E-state index in [1.807, 2.05) is 0 Å². The average Bonchev–Trinajstić information content (AvgIpc) is 2.05. The molecular formula is C48H34N12Na4O18S2. The molecule has 0 aromatic heterocycles. The van der Waals surface area contributed by atoms with E-state index in [1.165, 1.54) is 74.9 Å². The smallest absolute Gasteiger partial charge is 0.338 e. The topological polar surface area (TPSA) is 479 Å². The summed E-state index contributed by atoms with van der Waals surface area (Å²) in [5.74, 6) is -4.75. The van der Waals surface area contributed by atoms with Crippen LogP contribution in [0.5, 0.6) is 23.0 Å². The van der Waals surface area contributed by atoms with E-state index in [1.54, 1.807) is 0 Å². The molecule has 8 rings (SSSR count). The van der Waals surface area contributed by atoms with Crippen LogP contribution in [0.15, 0.2) is 160 Å². The molecule has 8 aromatic rings. The standard InChI is InChI=1S/C48H34N12O18S2.4Na/c1-77-37-15-21(3-11-35(37)53-57-43-39(79(71,72)73)19-27-25(45(43)61)7-9-31(49)41(27)55-51-33-13-5-23(59(67)68)17-29(33)47(63)64)22-4-12-36(38(16-22)78-2)54-58-44-40(80(74,75)76)20-28-26(46(44)62)8-10-32(50)42(28)56-52-34-14-6-24(60(69)70)18-30(34)48(65)66;;;;/h3-20,61-62H,49-50H2,1-2H3,(H,63,64)(H,65,66)(H,71,72,73)(H,74,75,76);;;;. The number of nitrogen functional groups attached to an aromatic ring is 2. The number of ether oxygens (including phenoxy) is 2. The summed E-state index contributed by atoms with van der Waals surface area (Å²) in [4.78, 5) is 42.6. The number of benzene rings is 8. The van der Waals surface area contributed by atoms with Crippen LogP contribution in [0.4, 0.5) is 68.2 Å². The van der Waals surface area contributed by atoms with Crippen LogP contribution in [0.1, 0.15) is 20.7 Å². The number of fused-ring (bicyclic) bond motifs is 2. The van der Waals surface area contributed by atoms with Crippen molar-refractivity contribution in [2.75, 3.05) is 25.7 Å². The molecule has 36 heteroatoms. The van der Waals surface area contributed by atoms with Crippen LogP contribution in [0.2, 0.25) is 0 Å². The first-order valence-corrected chi connectivity index (χ1v) is 24.9. The molecule has 0 unspecified atom stereocenters. The van der Waals surface area contributed by atoms with Crippen LogP contribution in [0.25, 0.3) is 32.7 Å². The zero-order chi connectivity index (χ0) is 58.1. The number of rotatable bonds is 17. The minimum Gasteiger partial charge on any atom is -0.505 e. The van der Waals surface area contributed by atoms with Crippen LogP contribution >= 0.6 is 0 Å². The molecule has 0 aliphatic heterocycles. The molecule has 0 saturated heterocycles. The number of nitrogens with two attached hydrogens (primary N) is 2. The Morgan fingerprint density at radius 2 is 0.786 bits per heavy atom. The van der Waals surface area contributed by atoms with Gasteiger partial charge >= 0.3 is 11.9 Å². The van der Waals surface area contributed by atoms with Crippen molar-refractivity contribution >= 4 is 240 Å². The van der Waals surface area contributed by atoms with Gasteiger partial charge in [-0.1, -0.05) is 12.1 Å². The number of anilines is 2. The number of aromatic carboxylic acids is 2. The Kier molecular flexibility index (Phi) is 23.4. The predicted octanol–water partition coefficient (Wildman–Crippen LogP) is 10.1. The predicted molar refractivity (Wildman–Crippen MR) is 304 cm³/mol. The molecule has 0 amide bonds. The molecule has 0 bridgehead atoms. The Morgan fingerprint density at radius 1 is 0.464 bits per heavy atom.